The molecule has 4 heteroatoms. The third kappa shape index (κ3) is 2.00. The van der Waals surface area contributed by atoms with Crippen molar-refractivity contribution in [1.29, 1.82) is 0 Å². The molecule has 3 aromatic carbocycles. The number of amides is 1. The Morgan fingerprint density at radius 3 is 2.54 bits per heavy atom. The zero-order chi connectivity index (χ0) is 18.8. The molecule has 2 aliphatic rings. The smallest absolute Gasteiger partial charge is 0.255 e. The topological polar surface area (TPSA) is 36.1 Å². The Hall–Kier alpha value is -3.40. The summed E-state index contributed by atoms with van der Waals surface area (Å²) in [4.78, 5) is 18.7. The molecule has 1 aromatic heterocycles. The normalized spacial score (nSPS) is 20.2. The number of fused-ring (bicyclic) bond motifs is 7. The standard InChI is InChI=1S/C24H17FN2O/c25-15-11-9-14(10-12-15)19-13-27-23(16-5-1-2-6-17(16)24(27)28)22-21(19)18-7-3-4-8-20(18)26-22/h1-12,19,23,26H,13H2/t19-,23+/m0/s1. The summed E-state index contributed by atoms with van der Waals surface area (Å²) < 4.78 is 13.5. The summed E-state index contributed by atoms with van der Waals surface area (Å²) in [5, 5.41) is 1.17. The van der Waals surface area contributed by atoms with Crippen LogP contribution in [0.1, 0.15) is 44.7 Å². The van der Waals surface area contributed by atoms with Crippen LogP contribution in [0.2, 0.25) is 0 Å². The van der Waals surface area contributed by atoms with E-state index < -0.39 is 0 Å². The number of H-pyrrole nitrogens is 1. The highest BCUT2D eigenvalue weighted by atomic mass is 19.1. The minimum absolute atomic E-state index is 0.00117. The zero-order valence-corrected chi connectivity index (χ0v) is 15.0. The largest absolute Gasteiger partial charge is 0.356 e. The van der Waals surface area contributed by atoms with E-state index in [4.69, 9.17) is 0 Å². The highest BCUT2D eigenvalue weighted by molar-refractivity contribution is 6.01. The Morgan fingerprint density at radius 2 is 1.68 bits per heavy atom. The fraction of sp³-hybridized carbons (Fsp3) is 0.125. The summed E-state index contributed by atoms with van der Waals surface area (Å²) in [5.41, 5.74) is 6.20. The van der Waals surface area contributed by atoms with Gasteiger partial charge in [-0.15, -0.1) is 0 Å². The van der Waals surface area contributed by atoms with Crippen molar-refractivity contribution < 1.29 is 9.18 Å². The van der Waals surface area contributed by atoms with E-state index in [-0.39, 0.29) is 23.7 Å². The van der Waals surface area contributed by atoms with E-state index >= 15 is 0 Å². The van der Waals surface area contributed by atoms with E-state index in [1.54, 1.807) is 0 Å². The summed E-state index contributed by atoms with van der Waals surface area (Å²) >= 11 is 0. The Balaban J connectivity index is 1.63. The Morgan fingerprint density at radius 1 is 0.929 bits per heavy atom. The first-order chi connectivity index (χ1) is 13.7. The summed E-state index contributed by atoms with van der Waals surface area (Å²) in [6, 6.07) is 22.7. The molecule has 1 amide bonds. The predicted molar refractivity (Wildman–Crippen MR) is 106 cm³/mol. The third-order valence-electron chi connectivity index (χ3n) is 6.11. The minimum atomic E-state index is -0.249. The lowest BCUT2D eigenvalue weighted by atomic mass is 9.83. The molecule has 0 spiro atoms. The van der Waals surface area contributed by atoms with Crippen LogP contribution in [0.5, 0.6) is 0 Å². The molecule has 2 atom stereocenters. The molecular weight excluding hydrogens is 351 g/mol. The fourth-order valence-electron chi connectivity index (χ4n) is 4.90. The number of rotatable bonds is 1. The Labute approximate surface area is 161 Å². The van der Waals surface area contributed by atoms with Gasteiger partial charge in [-0.05, 0) is 41.0 Å². The number of carbonyl (C=O) groups excluding carboxylic acids is 1. The first-order valence-corrected chi connectivity index (χ1v) is 9.48. The molecule has 0 saturated heterocycles. The summed E-state index contributed by atoms with van der Waals surface area (Å²) in [5.74, 6) is -0.181. The maximum atomic E-state index is 13.5. The lowest BCUT2D eigenvalue weighted by Crippen LogP contribution is -2.37. The molecule has 4 aromatic rings. The van der Waals surface area contributed by atoms with Crippen LogP contribution in [0.25, 0.3) is 10.9 Å². The van der Waals surface area contributed by atoms with Gasteiger partial charge in [-0.2, -0.15) is 0 Å². The third-order valence-corrected chi connectivity index (χ3v) is 6.11. The van der Waals surface area contributed by atoms with Crippen LogP contribution in [0.3, 0.4) is 0 Å². The van der Waals surface area contributed by atoms with Gasteiger partial charge in [0.15, 0.2) is 0 Å². The molecule has 1 N–H and O–H groups in total. The van der Waals surface area contributed by atoms with Gasteiger partial charge in [-0.3, -0.25) is 4.79 Å². The SMILES string of the molecule is O=C1c2ccccc2[C@@H]2c3[nH]c4ccccc4c3[C@H](c3ccc(F)cc3)CN12. The van der Waals surface area contributed by atoms with E-state index in [9.17, 15) is 9.18 Å². The van der Waals surface area contributed by atoms with E-state index in [1.165, 1.54) is 23.1 Å². The van der Waals surface area contributed by atoms with Gasteiger partial charge in [0.2, 0.25) is 0 Å². The highest BCUT2D eigenvalue weighted by Crippen LogP contribution is 2.49. The van der Waals surface area contributed by atoms with Crippen LogP contribution in [-0.4, -0.2) is 22.3 Å². The van der Waals surface area contributed by atoms with Crippen LogP contribution >= 0.6 is 0 Å². The number of benzene rings is 3. The summed E-state index contributed by atoms with van der Waals surface area (Å²) in [6.07, 6.45) is 0. The van der Waals surface area contributed by atoms with Crippen molar-refractivity contribution in [3.8, 4) is 0 Å². The van der Waals surface area contributed by atoms with Crippen molar-refractivity contribution in [2.45, 2.75) is 12.0 Å². The average Bonchev–Trinajstić information content (AvgIpc) is 3.25. The van der Waals surface area contributed by atoms with E-state index in [1.807, 2.05) is 53.4 Å². The highest BCUT2D eigenvalue weighted by Gasteiger charge is 2.45. The van der Waals surface area contributed by atoms with Crippen LogP contribution in [-0.2, 0) is 0 Å². The maximum absolute atomic E-state index is 13.5. The molecule has 0 radical (unpaired) electrons. The van der Waals surface area contributed by atoms with Gasteiger partial charge in [0.05, 0.1) is 6.04 Å². The minimum Gasteiger partial charge on any atom is -0.356 e. The lowest BCUT2D eigenvalue weighted by Gasteiger charge is -2.36. The number of nitrogens with one attached hydrogen (secondary N) is 1. The molecule has 28 heavy (non-hydrogen) atoms. The molecule has 6 rings (SSSR count). The van der Waals surface area contributed by atoms with Gasteiger partial charge in [0.1, 0.15) is 5.82 Å². The number of aromatic nitrogens is 1. The maximum Gasteiger partial charge on any atom is 0.255 e. The summed E-state index contributed by atoms with van der Waals surface area (Å²) in [6.45, 7) is 0.582. The molecule has 0 unspecified atom stereocenters. The molecule has 0 fully saturated rings. The summed E-state index contributed by atoms with van der Waals surface area (Å²) in [7, 11) is 0. The van der Waals surface area contributed by atoms with Crippen LogP contribution in [0.15, 0.2) is 72.8 Å². The van der Waals surface area contributed by atoms with E-state index in [0.717, 1.165) is 27.9 Å². The molecule has 0 bridgehead atoms. The second-order valence-corrected chi connectivity index (χ2v) is 7.55. The van der Waals surface area contributed by atoms with Crippen molar-refractivity contribution in [2.75, 3.05) is 6.54 Å². The van der Waals surface area contributed by atoms with Crippen molar-refractivity contribution in [1.82, 2.24) is 9.88 Å². The second kappa shape index (κ2) is 5.55. The van der Waals surface area contributed by atoms with Crippen LogP contribution < -0.4 is 0 Å². The monoisotopic (exact) mass is 368 g/mol. The van der Waals surface area contributed by atoms with Crippen molar-refractivity contribution in [3.63, 3.8) is 0 Å². The average molecular weight is 368 g/mol. The molecule has 3 nitrogen and oxygen atoms in total. The number of hydrogen-bond acceptors (Lipinski definition) is 1. The number of halogens is 1. The number of carbonyl (C=O) groups is 1. The van der Waals surface area contributed by atoms with Gasteiger partial charge < -0.3 is 9.88 Å². The molecular formula is C24H17FN2O. The van der Waals surface area contributed by atoms with Gasteiger partial charge in [0.25, 0.3) is 5.91 Å². The van der Waals surface area contributed by atoms with Gasteiger partial charge in [0, 0.05) is 34.6 Å². The first kappa shape index (κ1) is 15.6. The molecule has 3 heterocycles. The number of hydrogen-bond donors (Lipinski definition) is 1. The number of aromatic amines is 1. The van der Waals surface area contributed by atoms with Crippen molar-refractivity contribution >= 4 is 16.8 Å². The van der Waals surface area contributed by atoms with Gasteiger partial charge in [-0.25, -0.2) is 4.39 Å². The number of para-hydroxylation sites is 1. The zero-order valence-electron chi connectivity index (χ0n) is 15.0. The van der Waals surface area contributed by atoms with E-state index in [0.29, 0.717) is 6.54 Å². The second-order valence-electron chi connectivity index (χ2n) is 7.55. The van der Waals surface area contributed by atoms with Gasteiger partial charge in [-0.1, -0.05) is 48.5 Å². The predicted octanol–water partition coefficient (Wildman–Crippen LogP) is 5.00. The quantitative estimate of drug-likeness (QED) is 0.504. The fourth-order valence-corrected chi connectivity index (χ4v) is 4.90. The van der Waals surface area contributed by atoms with Crippen LogP contribution in [0.4, 0.5) is 4.39 Å². The van der Waals surface area contributed by atoms with Crippen molar-refractivity contribution in [3.05, 3.63) is 107 Å². The lowest BCUT2D eigenvalue weighted by molar-refractivity contribution is 0.0727. The molecule has 136 valence electrons. The number of nitrogens with zero attached hydrogens (tertiary/aromatic N) is 1. The molecule has 2 aliphatic heterocycles. The van der Waals surface area contributed by atoms with Crippen molar-refractivity contribution in [2.24, 2.45) is 0 Å². The van der Waals surface area contributed by atoms with Gasteiger partial charge >= 0.3 is 0 Å². The first-order valence-electron chi connectivity index (χ1n) is 9.48. The van der Waals surface area contributed by atoms with Crippen LogP contribution in [0, 0.1) is 5.82 Å². The Kier molecular flexibility index (Phi) is 3.10. The van der Waals surface area contributed by atoms with E-state index in [2.05, 4.69) is 17.1 Å². The Bertz CT molecular complexity index is 1240. The molecule has 0 aliphatic carbocycles. The molecule has 0 saturated carbocycles.